The minimum Gasteiger partial charge on any atom is -0.497 e. The van der Waals surface area contributed by atoms with Gasteiger partial charge in [0.1, 0.15) is 5.75 Å². The minimum atomic E-state index is -4.30. The Balaban J connectivity index is 2.40. The first-order valence-corrected chi connectivity index (χ1v) is 5.73. The highest BCUT2D eigenvalue weighted by Gasteiger charge is 2.29. The third kappa shape index (κ3) is 3.08. The number of ether oxygens (including phenoxy) is 1. The van der Waals surface area contributed by atoms with E-state index in [0.29, 0.717) is 5.75 Å². The maximum absolute atomic E-state index is 12.5. The predicted molar refractivity (Wildman–Crippen MR) is 68.2 cm³/mol. The Bertz CT molecular complexity index is 571. The molecular formula is C15H13F3O. The largest absolute Gasteiger partial charge is 0.497 e. The third-order valence-electron chi connectivity index (χ3n) is 2.83. The molecule has 0 spiro atoms. The van der Waals surface area contributed by atoms with E-state index in [1.807, 2.05) is 19.1 Å². The Hall–Kier alpha value is -1.97. The van der Waals surface area contributed by atoms with Gasteiger partial charge in [0, 0.05) is 0 Å². The highest BCUT2D eigenvalue weighted by atomic mass is 19.4. The summed E-state index contributed by atoms with van der Waals surface area (Å²) >= 11 is 0. The van der Waals surface area contributed by atoms with Crippen molar-refractivity contribution < 1.29 is 17.9 Å². The molecule has 0 aliphatic rings. The standard InChI is InChI=1S/C15H13F3O/c1-10-7-12(9-14(8-10)19-2)11-3-5-13(6-4-11)15(16,17)18/h3-9H,1-2H3. The minimum absolute atomic E-state index is 0.643. The zero-order valence-corrected chi connectivity index (χ0v) is 10.6. The molecule has 0 bridgehead atoms. The summed E-state index contributed by atoms with van der Waals surface area (Å²) in [6.07, 6.45) is -4.30. The Kier molecular flexibility index (Phi) is 3.51. The summed E-state index contributed by atoms with van der Waals surface area (Å²) in [6, 6.07) is 10.7. The molecule has 0 fully saturated rings. The van der Waals surface area contributed by atoms with Crippen LogP contribution in [0.25, 0.3) is 11.1 Å². The summed E-state index contributed by atoms with van der Waals surface area (Å²) < 4.78 is 42.6. The third-order valence-corrected chi connectivity index (χ3v) is 2.83. The second kappa shape index (κ2) is 4.96. The van der Waals surface area contributed by atoms with E-state index in [2.05, 4.69) is 0 Å². The zero-order chi connectivity index (χ0) is 14.0. The van der Waals surface area contributed by atoms with E-state index in [0.717, 1.165) is 28.8 Å². The average molecular weight is 266 g/mol. The highest BCUT2D eigenvalue weighted by Crippen LogP contribution is 2.32. The van der Waals surface area contributed by atoms with Crippen LogP contribution in [-0.2, 0) is 6.18 Å². The molecule has 0 saturated carbocycles. The van der Waals surface area contributed by atoms with Gasteiger partial charge in [0.2, 0.25) is 0 Å². The second-order valence-corrected chi connectivity index (χ2v) is 4.31. The molecule has 0 saturated heterocycles. The molecule has 0 aliphatic carbocycles. The van der Waals surface area contributed by atoms with Crippen LogP contribution in [-0.4, -0.2) is 7.11 Å². The van der Waals surface area contributed by atoms with Gasteiger partial charge in [-0.1, -0.05) is 18.2 Å². The number of benzene rings is 2. The van der Waals surface area contributed by atoms with E-state index in [1.54, 1.807) is 13.2 Å². The maximum Gasteiger partial charge on any atom is 0.416 e. The summed E-state index contributed by atoms with van der Waals surface area (Å²) in [5.74, 6) is 0.690. The van der Waals surface area contributed by atoms with Crippen LogP contribution in [0.5, 0.6) is 5.75 Å². The average Bonchev–Trinajstić information content (AvgIpc) is 2.37. The first kappa shape index (κ1) is 13.5. The van der Waals surface area contributed by atoms with Gasteiger partial charge >= 0.3 is 6.18 Å². The van der Waals surface area contributed by atoms with Crippen LogP contribution >= 0.6 is 0 Å². The van der Waals surface area contributed by atoms with Gasteiger partial charge in [0.15, 0.2) is 0 Å². The number of rotatable bonds is 2. The van der Waals surface area contributed by atoms with E-state index in [1.165, 1.54) is 12.1 Å². The topological polar surface area (TPSA) is 9.23 Å². The van der Waals surface area contributed by atoms with Crippen LogP contribution in [0.2, 0.25) is 0 Å². The van der Waals surface area contributed by atoms with Crippen molar-refractivity contribution in [3.8, 4) is 16.9 Å². The zero-order valence-electron chi connectivity index (χ0n) is 10.6. The lowest BCUT2D eigenvalue weighted by Crippen LogP contribution is -2.03. The molecule has 0 aliphatic heterocycles. The molecule has 2 rings (SSSR count). The van der Waals surface area contributed by atoms with Crippen molar-refractivity contribution in [2.24, 2.45) is 0 Å². The number of aryl methyl sites for hydroxylation is 1. The molecule has 2 aromatic rings. The number of hydrogen-bond acceptors (Lipinski definition) is 1. The highest BCUT2D eigenvalue weighted by molar-refractivity contribution is 5.66. The molecule has 0 unspecified atom stereocenters. The van der Waals surface area contributed by atoms with Crippen molar-refractivity contribution in [2.75, 3.05) is 7.11 Å². The molecule has 19 heavy (non-hydrogen) atoms. The van der Waals surface area contributed by atoms with E-state index in [-0.39, 0.29) is 0 Å². The van der Waals surface area contributed by atoms with E-state index < -0.39 is 11.7 Å². The SMILES string of the molecule is COc1cc(C)cc(-c2ccc(C(F)(F)F)cc2)c1. The monoisotopic (exact) mass is 266 g/mol. The summed E-state index contributed by atoms with van der Waals surface area (Å²) in [4.78, 5) is 0. The Morgan fingerprint density at radius 1 is 0.895 bits per heavy atom. The van der Waals surface area contributed by atoms with Gasteiger partial charge in [0.25, 0.3) is 0 Å². The van der Waals surface area contributed by atoms with E-state index in [9.17, 15) is 13.2 Å². The smallest absolute Gasteiger partial charge is 0.416 e. The fraction of sp³-hybridized carbons (Fsp3) is 0.200. The van der Waals surface area contributed by atoms with Gasteiger partial charge < -0.3 is 4.74 Å². The predicted octanol–water partition coefficient (Wildman–Crippen LogP) is 4.69. The molecule has 4 heteroatoms. The molecule has 100 valence electrons. The van der Waals surface area contributed by atoms with Crippen LogP contribution in [0.15, 0.2) is 42.5 Å². The van der Waals surface area contributed by atoms with Crippen LogP contribution in [0.4, 0.5) is 13.2 Å². The molecular weight excluding hydrogens is 253 g/mol. The Morgan fingerprint density at radius 2 is 1.53 bits per heavy atom. The van der Waals surface area contributed by atoms with Crippen molar-refractivity contribution in [3.05, 3.63) is 53.6 Å². The molecule has 0 heterocycles. The number of halogens is 3. The van der Waals surface area contributed by atoms with Gasteiger partial charge in [-0.25, -0.2) is 0 Å². The summed E-state index contributed by atoms with van der Waals surface area (Å²) in [5, 5.41) is 0. The van der Waals surface area contributed by atoms with Gasteiger partial charge in [0.05, 0.1) is 12.7 Å². The molecule has 0 amide bonds. The fourth-order valence-corrected chi connectivity index (χ4v) is 1.88. The molecule has 0 aromatic heterocycles. The van der Waals surface area contributed by atoms with Crippen molar-refractivity contribution in [2.45, 2.75) is 13.1 Å². The number of hydrogen-bond donors (Lipinski definition) is 0. The van der Waals surface area contributed by atoms with Gasteiger partial charge in [-0.3, -0.25) is 0 Å². The van der Waals surface area contributed by atoms with E-state index in [4.69, 9.17) is 4.74 Å². The van der Waals surface area contributed by atoms with Crippen molar-refractivity contribution in [1.29, 1.82) is 0 Å². The van der Waals surface area contributed by atoms with Gasteiger partial charge in [-0.2, -0.15) is 13.2 Å². The summed E-state index contributed by atoms with van der Waals surface area (Å²) in [6.45, 7) is 1.91. The molecule has 0 radical (unpaired) electrons. The Morgan fingerprint density at radius 3 is 2.05 bits per heavy atom. The van der Waals surface area contributed by atoms with Crippen LogP contribution in [0.1, 0.15) is 11.1 Å². The summed E-state index contributed by atoms with van der Waals surface area (Å²) in [7, 11) is 1.56. The lowest BCUT2D eigenvalue weighted by atomic mass is 10.0. The maximum atomic E-state index is 12.5. The number of alkyl halides is 3. The van der Waals surface area contributed by atoms with Crippen LogP contribution in [0.3, 0.4) is 0 Å². The van der Waals surface area contributed by atoms with E-state index >= 15 is 0 Å². The van der Waals surface area contributed by atoms with Gasteiger partial charge in [-0.05, 0) is 47.9 Å². The van der Waals surface area contributed by atoms with Crippen molar-refractivity contribution >= 4 is 0 Å². The van der Waals surface area contributed by atoms with Crippen LogP contribution < -0.4 is 4.74 Å². The fourth-order valence-electron chi connectivity index (χ4n) is 1.88. The first-order valence-electron chi connectivity index (χ1n) is 5.73. The second-order valence-electron chi connectivity index (χ2n) is 4.31. The van der Waals surface area contributed by atoms with Gasteiger partial charge in [-0.15, -0.1) is 0 Å². The van der Waals surface area contributed by atoms with Crippen LogP contribution in [0, 0.1) is 6.92 Å². The van der Waals surface area contributed by atoms with Crippen molar-refractivity contribution in [3.63, 3.8) is 0 Å². The summed E-state index contributed by atoms with van der Waals surface area (Å²) in [5.41, 5.74) is 1.92. The lowest BCUT2D eigenvalue weighted by molar-refractivity contribution is -0.137. The quantitative estimate of drug-likeness (QED) is 0.766. The molecule has 0 N–H and O–H groups in total. The normalized spacial score (nSPS) is 11.4. The first-order chi connectivity index (χ1) is 8.90. The molecule has 2 aromatic carbocycles. The lowest BCUT2D eigenvalue weighted by Gasteiger charge is -2.09. The Labute approximate surface area is 109 Å². The molecule has 0 atom stereocenters. The molecule has 1 nitrogen and oxygen atoms in total. The van der Waals surface area contributed by atoms with Crippen molar-refractivity contribution in [1.82, 2.24) is 0 Å². The number of methoxy groups -OCH3 is 1.